The lowest BCUT2D eigenvalue weighted by Gasteiger charge is -2.18. The highest BCUT2D eigenvalue weighted by Gasteiger charge is 2.22. The Hall–Kier alpha value is -2.65. The third-order valence-electron chi connectivity index (χ3n) is 4.49. The van der Waals surface area contributed by atoms with Gasteiger partial charge in [0.25, 0.3) is 0 Å². The Bertz CT molecular complexity index is 884. The summed E-state index contributed by atoms with van der Waals surface area (Å²) < 4.78 is 7.32. The van der Waals surface area contributed by atoms with E-state index in [2.05, 4.69) is 36.9 Å². The molecule has 0 bridgehead atoms. The maximum absolute atomic E-state index is 12.7. The second kappa shape index (κ2) is 8.36. The molecule has 0 aliphatic heterocycles. The van der Waals surface area contributed by atoms with Crippen molar-refractivity contribution in [1.82, 2.24) is 9.78 Å². The van der Waals surface area contributed by atoms with Crippen LogP contribution < -0.4 is 5.19 Å². The zero-order chi connectivity index (χ0) is 20.2. The Kier molecular flexibility index (Phi) is 6.40. The summed E-state index contributed by atoms with van der Waals surface area (Å²) in [7, 11) is -1.38. The van der Waals surface area contributed by atoms with E-state index >= 15 is 0 Å². The van der Waals surface area contributed by atoms with Gasteiger partial charge >= 0.3 is 5.97 Å². The number of carbonyl (C=O) groups excluding carboxylic acids is 1. The van der Waals surface area contributed by atoms with E-state index in [9.17, 15) is 4.79 Å². The van der Waals surface area contributed by atoms with Crippen LogP contribution in [0.4, 0.5) is 0 Å². The summed E-state index contributed by atoms with van der Waals surface area (Å²) in [4.78, 5) is 12.7. The number of allylic oxidation sites excluding steroid dienone is 1. The lowest BCUT2D eigenvalue weighted by molar-refractivity contribution is -0.138. The van der Waals surface area contributed by atoms with E-state index in [-0.39, 0.29) is 5.76 Å². The van der Waals surface area contributed by atoms with Gasteiger partial charge in [-0.1, -0.05) is 49.1 Å². The molecule has 0 aliphatic rings. The Balaban J connectivity index is 2.23. The summed E-state index contributed by atoms with van der Waals surface area (Å²) in [6, 6.07) is 12.0. The van der Waals surface area contributed by atoms with Gasteiger partial charge in [-0.2, -0.15) is 10.4 Å². The highest BCUT2D eigenvalue weighted by atomic mass is 28.3. The third kappa shape index (κ3) is 4.95. The van der Waals surface area contributed by atoms with E-state index in [1.165, 1.54) is 11.3 Å². The van der Waals surface area contributed by atoms with E-state index in [4.69, 9.17) is 10.00 Å². The summed E-state index contributed by atoms with van der Waals surface area (Å²) in [5.41, 5.74) is 2.34. The topological polar surface area (TPSA) is 67.9 Å². The van der Waals surface area contributed by atoms with Crippen LogP contribution in [0.5, 0.6) is 0 Å². The van der Waals surface area contributed by atoms with Crippen LogP contribution in [0, 0.1) is 18.3 Å². The van der Waals surface area contributed by atoms with Crippen LogP contribution in [0.2, 0.25) is 19.6 Å². The number of aryl methyl sites for hydroxylation is 2. The lowest BCUT2D eigenvalue weighted by atomic mass is 10.0. The molecular weight excluding hydrogens is 354 g/mol. The number of aromatic nitrogens is 2. The molecule has 1 aromatic carbocycles. The molecule has 0 radical (unpaired) electrons. The molecule has 0 fully saturated rings. The minimum atomic E-state index is -1.38. The second-order valence-corrected chi connectivity index (χ2v) is 12.7. The molecule has 1 heterocycles. The molecule has 0 amide bonds. The fraction of sp³-hybridized carbons (Fsp3) is 0.381. The monoisotopic (exact) mass is 381 g/mol. The van der Waals surface area contributed by atoms with E-state index < -0.39 is 20.0 Å². The average molecular weight is 382 g/mol. The van der Waals surface area contributed by atoms with Gasteiger partial charge in [0.1, 0.15) is 5.69 Å². The fourth-order valence-corrected chi connectivity index (χ4v) is 3.97. The Morgan fingerprint density at radius 1 is 1.33 bits per heavy atom. The molecule has 2 aromatic rings. The Morgan fingerprint density at radius 3 is 2.48 bits per heavy atom. The van der Waals surface area contributed by atoms with Gasteiger partial charge in [0.05, 0.1) is 31.8 Å². The van der Waals surface area contributed by atoms with Gasteiger partial charge < -0.3 is 4.74 Å². The van der Waals surface area contributed by atoms with Crippen LogP contribution in [-0.4, -0.2) is 23.8 Å². The van der Waals surface area contributed by atoms with E-state index in [1.54, 1.807) is 4.68 Å². The smallest absolute Gasteiger partial charge is 0.318 e. The molecule has 2 rings (SSSR count). The normalized spacial score (nSPS) is 13.1. The number of esters is 1. The highest BCUT2D eigenvalue weighted by Crippen LogP contribution is 2.23. The van der Waals surface area contributed by atoms with Gasteiger partial charge in [-0.15, -0.1) is 0 Å². The molecule has 1 aromatic heterocycles. The van der Waals surface area contributed by atoms with Crippen molar-refractivity contribution >= 4 is 25.0 Å². The van der Waals surface area contributed by atoms with Gasteiger partial charge in [-0.25, -0.2) is 0 Å². The zero-order valence-corrected chi connectivity index (χ0v) is 17.9. The number of nitriles is 1. The first-order chi connectivity index (χ1) is 12.7. The van der Waals surface area contributed by atoms with Crippen molar-refractivity contribution in [2.45, 2.75) is 52.9 Å². The van der Waals surface area contributed by atoms with Crippen LogP contribution in [0.3, 0.4) is 0 Å². The molecule has 27 heavy (non-hydrogen) atoms. The number of hydrogen-bond acceptors (Lipinski definition) is 4. The van der Waals surface area contributed by atoms with Gasteiger partial charge in [0.15, 0.2) is 5.76 Å². The first-order valence-corrected chi connectivity index (χ1v) is 12.6. The number of carbonyl (C=O) groups is 1. The van der Waals surface area contributed by atoms with E-state index in [1.807, 2.05) is 45.0 Å². The summed E-state index contributed by atoms with van der Waals surface area (Å²) in [6.45, 7) is 13.1. The van der Waals surface area contributed by atoms with Crippen molar-refractivity contribution in [1.29, 1.82) is 5.26 Å². The number of ether oxygens (including phenoxy) is 1. The molecule has 0 aliphatic carbocycles. The number of hydrogen-bond donors (Lipinski definition) is 0. The number of rotatable bonds is 6. The van der Waals surface area contributed by atoms with Crippen molar-refractivity contribution in [3.63, 3.8) is 0 Å². The molecule has 142 valence electrons. The minimum Gasteiger partial charge on any atom is -0.423 e. The summed E-state index contributed by atoms with van der Waals surface area (Å²) in [6.07, 6.45) is 1.25. The third-order valence-corrected chi connectivity index (χ3v) is 6.56. The van der Waals surface area contributed by atoms with Gasteiger partial charge in [0, 0.05) is 6.54 Å². The highest BCUT2D eigenvalue weighted by molar-refractivity contribution is 6.88. The molecule has 6 heteroatoms. The largest absolute Gasteiger partial charge is 0.423 e. The molecule has 0 N–H and O–H groups in total. The van der Waals surface area contributed by atoms with Crippen molar-refractivity contribution in [2.24, 2.45) is 0 Å². The van der Waals surface area contributed by atoms with Crippen LogP contribution >= 0.6 is 0 Å². The Labute approximate surface area is 162 Å². The molecule has 5 nitrogen and oxygen atoms in total. The van der Waals surface area contributed by atoms with Gasteiger partial charge in [-0.05, 0) is 32.4 Å². The molecule has 0 saturated heterocycles. The summed E-state index contributed by atoms with van der Waals surface area (Å²) in [5, 5.41) is 14.8. The van der Waals surface area contributed by atoms with Gasteiger partial charge in [0.2, 0.25) is 0 Å². The number of nitrogens with zero attached hydrogens (tertiary/aromatic N) is 3. The fourth-order valence-electron chi connectivity index (χ4n) is 2.80. The maximum atomic E-state index is 12.7. The standard InChI is InChI=1S/C21H27N3O2Si/c1-7-24-19(14-15(2)23-24)20(12-13-22)26-21(25)16(3)17-8-10-18(11-9-17)27(4,5)6/h8-12,14,16H,7H2,1-6H3/b20-12-. The van der Waals surface area contributed by atoms with Crippen molar-refractivity contribution in [3.8, 4) is 6.07 Å². The van der Waals surface area contributed by atoms with E-state index in [0.717, 1.165) is 11.3 Å². The van der Waals surface area contributed by atoms with Crippen LogP contribution in [0.25, 0.3) is 5.76 Å². The zero-order valence-electron chi connectivity index (χ0n) is 16.9. The van der Waals surface area contributed by atoms with Crippen LogP contribution in [0.1, 0.15) is 36.7 Å². The van der Waals surface area contributed by atoms with Crippen molar-refractivity contribution in [3.05, 3.63) is 53.4 Å². The lowest BCUT2D eigenvalue weighted by Crippen LogP contribution is -2.37. The first-order valence-electron chi connectivity index (χ1n) is 9.14. The molecular formula is C21H27N3O2Si. The van der Waals surface area contributed by atoms with Crippen molar-refractivity contribution in [2.75, 3.05) is 0 Å². The van der Waals surface area contributed by atoms with E-state index in [0.29, 0.717) is 12.2 Å². The molecule has 1 unspecified atom stereocenters. The maximum Gasteiger partial charge on any atom is 0.318 e. The predicted octanol–water partition coefficient (Wildman–Crippen LogP) is 3.97. The van der Waals surface area contributed by atoms with Crippen LogP contribution in [0.15, 0.2) is 36.4 Å². The second-order valence-electron chi connectivity index (χ2n) is 7.64. The number of benzene rings is 1. The first kappa shape index (κ1) is 20.7. The predicted molar refractivity (Wildman–Crippen MR) is 110 cm³/mol. The van der Waals surface area contributed by atoms with Crippen LogP contribution in [-0.2, 0) is 16.1 Å². The summed E-state index contributed by atoms with van der Waals surface area (Å²) >= 11 is 0. The SMILES string of the molecule is CCn1nc(C)cc1/C(=C/C#N)OC(=O)C(C)c1ccc([Si](C)(C)C)cc1. The Morgan fingerprint density at radius 2 is 1.96 bits per heavy atom. The quantitative estimate of drug-likeness (QED) is 0.329. The molecule has 1 atom stereocenters. The molecule has 0 spiro atoms. The average Bonchev–Trinajstić information content (AvgIpc) is 3.00. The van der Waals surface area contributed by atoms with Crippen molar-refractivity contribution < 1.29 is 9.53 Å². The molecule has 0 saturated carbocycles. The van der Waals surface area contributed by atoms with Gasteiger partial charge in [-0.3, -0.25) is 9.48 Å². The summed E-state index contributed by atoms with van der Waals surface area (Å²) in [5.74, 6) is -0.587. The minimum absolute atomic E-state index is 0.232.